The molecule has 0 aromatic rings. The van der Waals surface area contributed by atoms with Crippen molar-refractivity contribution >= 4 is 5.97 Å². The Kier molecular flexibility index (Phi) is 5.68. The molecule has 1 unspecified atom stereocenters. The Morgan fingerprint density at radius 3 is 2.47 bits per heavy atom. The van der Waals surface area contributed by atoms with Crippen LogP contribution in [0.2, 0.25) is 0 Å². The molecular formula is C10H18N2O5. The van der Waals surface area contributed by atoms with Gasteiger partial charge in [-0.2, -0.15) is 0 Å². The Morgan fingerprint density at radius 2 is 1.94 bits per heavy atom. The van der Waals surface area contributed by atoms with Crippen LogP contribution in [0.3, 0.4) is 0 Å². The van der Waals surface area contributed by atoms with Crippen molar-refractivity contribution in [3.8, 4) is 0 Å². The van der Waals surface area contributed by atoms with E-state index < -0.39 is 17.8 Å². The van der Waals surface area contributed by atoms with E-state index in [1.807, 2.05) is 4.90 Å². The number of esters is 1. The van der Waals surface area contributed by atoms with E-state index in [9.17, 15) is 14.9 Å². The molecule has 98 valence electrons. The first-order valence-electron chi connectivity index (χ1n) is 5.79. The Hall–Kier alpha value is -1.37. The molecule has 1 rings (SSSR count). The Morgan fingerprint density at radius 1 is 1.35 bits per heavy atom. The van der Waals surface area contributed by atoms with Crippen LogP contribution in [-0.4, -0.2) is 41.9 Å². The SMILES string of the molecule is CC(C(=O)OCO[N+](=O)[O-])N1CCCCCC1. The number of carbonyl (C=O) groups is 1. The van der Waals surface area contributed by atoms with Gasteiger partial charge in [0.2, 0.25) is 6.79 Å². The van der Waals surface area contributed by atoms with Crippen molar-refractivity contribution in [3.63, 3.8) is 0 Å². The summed E-state index contributed by atoms with van der Waals surface area (Å²) in [4.78, 5) is 27.4. The summed E-state index contributed by atoms with van der Waals surface area (Å²) in [7, 11) is 0. The minimum atomic E-state index is -0.982. The van der Waals surface area contributed by atoms with Gasteiger partial charge < -0.3 is 4.74 Å². The van der Waals surface area contributed by atoms with Crippen molar-refractivity contribution in [2.24, 2.45) is 0 Å². The Balaban J connectivity index is 2.31. The number of rotatable bonds is 5. The predicted octanol–water partition coefficient (Wildman–Crippen LogP) is 0.960. The number of carbonyl (C=O) groups excluding carboxylic acids is 1. The minimum absolute atomic E-state index is 0.372. The third-order valence-corrected chi connectivity index (χ3v) is 2.89. The van der Waals surface area contributed by atoms with E-state index in [0.717, 1.165) is 25.9 Å². The van der Waals surface area contributed by atoms with Crippen molar-refractivity contribution in [3.05, 3.63) is 10.1 Å². The summed E-state index contributed by atoms with van der Waals surface area (Å²) in [6.45, 7) is 2.85. The number of nitrogens with zero attached hydrogens (tertiary/aromatic N) is 2. The summed E-state index contributed by atoms with van der Waals surface area (Å²) < 4.78 is 4.66. The van der Waals surface area contributed by atoms with Gasteiger partial charge in [0.05, 0.1) is 0 Å². The number of likely N-dealkylation sites (tertiary alicyclic amines) is 1. The van der Waals surface area contributed by atoms with Gasteiger partial charge in [-0.25, -0.2) is 0 Å². The molecule has 0 aliphatic carbocycles. The first-order valence-corrected chi connectivity index (χ1v) is 5.79. The fourth-order valence-electron chi connectivity index (χ4n) is 1.88. The molecule has 7 heteroatoms. The Labute approximate surface area is 99.8 Å². The van der Waals surface area contributed by atoms with E-state index in [-0.39, 0.29) is 6.04 Å². The third-order valence-electron chi connectivity index (χ3n) is 2.89. The van der Waals surface area contributed by atoms with Crippen molar-refractivity contribution in [2.45, 2.75) is 38.6 Å². The van der Waals surface area contributed by atoms with E-state index in [1.165, 1.54) is 12.8 Å². The molecule has 1 atom stereocenters. The van der Waals surface area contributed by atoms with Gasteiger partial charge in [-0.05, 0) is 32.9 Å². The highest BCUT2D eigenvalue weighted by molar-refractivity contribution is 5.75. The molecule has 0 aromatic heterocycles. The maximum Gasteiger partial charge on any atom is 0.324 e. The smallest absolute Gasteiger partial charge is 0.324 e. The normalized spacial score (nSPS) is 19.1. The predicted molar refractivity (Wildman–Crippen MR) is 58.5 cm³/mol. The van der Waals surface area contributed by atoms with Gasteiger partial charge in [-0.15, -0.1) is 10.1 Å². The molecule has 0 spiro atoms. The molecule has 0 N–H and O–H groups in total. The second-order valence-electron chi connectivity index (χ2n) is 4.06. The molecular weight excluding hydrogens is 228 g/mol. The van der Waals surface area contributed by atoms with Crippen LogP contribution in [-0.2, 0) is 14.4 Å². The van der Waals surface area contributed by atoms with Gasteiger partial charge in [0.15, 0.2) is 0 Å². The van der Waals surface area contributed by atoms with Crippen molar-refractivity contribution in [2.75, 3.05) is 19.9 Å². The van der Waals surface area contributed by atoms with Crippen molar-refractivity contribution in [1.82, 2.24) is 4.90 Å². The highest BCUT2D eigenvalue weighted by atomic mass is 17.0. The summed E-state index contributed by atoms with van der Waals surface area (Å²) in [6.07, 6.45) is 4.51. The molecule has 0 amide bonds. The van der Waals surface area contributed by atoms with Gasteiger partial charge in [0.25, 0.3) is 5.09 Å². The van der Waals surface area contributed by atoms with Crippen LogP contribution in [0, 0.1) is 10.1 Å². The van der Waals surface area contributed by atoms with E-state index in [4.69, 9.17) is 0 Å². The highest BCUT2D eigenvalue weighted by Gasteiger charge is 2.23. The van der Waals surface area contributed by atoms with Gasteiger partial charge >= 0.3 is 5.97 Å². The zero-order valence-corrected chi connectivity index (χ0v) is 9.96. The second kappa shape index (κ2) is 7.05. The van der Waals surface area contributed by atoms with E-state index >= 15 is 0 Å². The lowest BCUT2D eigenvalue weighted by Crippen LogP contribution is -2.40. The zero-order valence-electron chi connectivity index (χ0n) is 9.96. The summed E-state index contributed by atoms with van der Waals surface area (Å²) in [6, 6.07) is -0.372. The quantitative estimate of drug-likeness (QED) is 0.311. The molecule has 1 heterocycles. The second-order valence-corrected chi connectivity index (χ2v) is 4.06. The van der Waals surface area contributed by atoms with Crippen LogP contribution in [0.4, 0.5) is 0 Å². The van der Waals surface area contributed by atoms with E-state index in [0.29, 0.717) is 0 Å². The summed E-state index contributed by atoms with van der Waals surface area (Å²) >= 11 is 0. The standard InChI is InChI=1S/C10H18N2O5/c1-9(10(13)16-8-17-12(14)15)11-6-4-2-3-5-7-11/h9H,2-8H2,1H3. The summed E-state index contributed by atoms with van der Waals surface area (Å²) in [5.74, 6) is -0.478. The summed E-state index contributed by atoms with van der Waals surface area (Å²) in [5, 5.41) is 8.90. The molecule has 7 nitrogen and oxygen atoms in total. The molecule has 1 fully saturated rings. The van der Waals surface area contributed by atoms with Crippen LogP contribution in [0.25, 0.3) is 0 Å². The largest absolute Gasteiger partial charge is 0.437 e. The fourth-order valence-corrected chi connectivity index (χ4v) is 1.88. The third kappa shape index (κ3) is 4.99. The molecule has 17 heavy (non-hydrogen) atoms. The van der Waals surface area contributed by atoms with E-state index in [1.54, 1.807) is 6.92 Å². The minimum Gasteiger partial charge on any atom is -0.437 e. The lowest BCUT2D eigenvalue weighted by atomic mass is 10.2. The van der Waals surface area contributed by atoms with E-state index in [2.05, 4.69) is 9.57 Å². The van der Waals surface area contributed by atoms with Gasteiger partial charge in [0, 0.05) is 0 Å². The van der Waals surface area contributed by atoms with Gasteiger partial charge in [-0.1, -0.05) is 12.8 Å². The maximum atomic E-state index is 11.6. The Bertz CT molecular complexity index is 263. The lowest BCUT2D eigenvalue weighted by Gasteiger charge is -2.25. The monoisotopic (exact) mass is 246 g/mol. The first-order chi connectivity index (χ1) is 8.11. The summed E-state index contributed by atoms with van der Waals surface area (Å²) in [5.41, 5.74) is 0. The molecule has 1 saturated heterocycles. The first kappa shape index (κ1) is 13.7. The van der Waals surface area contributed by atoms with Crippen LogP contribution in [0.1, 0.15) is 32.6 Å². The fraction of sp³-hybridized carbons (Fsp3) is 0.900. The van der Waals surface area contributed by atoms with Crippen LogP contribution >= 0.6 is 0 Å². The van der Waals surface area contributed by atoms with Gasteiger partial charge in [-0.3, -0.25) is 14.5 Å². The molecule has 0 saturated carbocycles. The molecule has 1 aliphatic heterocycles. The topological polar surface area (TPSA) is 81.9 Å². The van der Waals surface area contributed by atoms with Crippen LogP contribution < -0.4 is 0 Å². The maximum absolute atomic E-state index is 11.6. The zero-order chi connectivity index (χ0) is 12.7. The average molecular weight is 246 g/mol. The molecule has 0 bridgehead atoms. The molecule has 0 aromatic carbocycles. The van der Waals surface area contributed by atoms with Crippen molar-refractivity contribution < 1.29 is 19.5 Å². The lowest BCUT2D eigenvalue weighted by molar-refractivity contribution is -0.765. The number of ether oxygens (including phenoxy) is 1. The van der Waals surface area contributed by atoms with Crippen molar-refractivity contribution in [1.29, 1.82) is 0 Å². The number of hydrogen-bond acceptors (Lipinski definition) is 6. The highest BCUT2D eigenvalue weighted by Crippen LogP contribution is 2.13. The van der Waals surface area contributed by atoms with Gasteiger partial charge in [0.1, 0.15) is 6.04 Å². The number of hydrogen-bond donors (Lipinski definition) is 0. The molecule has 1 aliphatic rings. The van der Waals surface area contributed by atoms with Crippen LogP contribution in [0.5, 0.6) is 0 Å². The van der Waals surface area contributed by atoms with Crippen LogP contribution in [0.15, 0.2) is 0 Å². The average Bonchev–Trinajstić information content (AvgIpc) is 2.55. The molecule has 0 radical (unpaired) electrons.